The number of aryl methyl sites for hydroxylation is 1. The lowest BCUT2D eigenvalue weighted by Crippen LogP contribution is -2.37. The van der Waals surface area contributed by atoms with E-state index in [1.165, 1.54) is 11.1 Å². The number of pyridine rings is 1. The SMILES string of the molecule is Cc1ccc2cc(C=NNC(=O)CN3C(=O)c4cccc5cccc3c45)c(Cl)nc2c1. The van der Waals surface area contributed by atoms with E-state index in [4.69, 9.17) is 11.6 Å². The van der Waals surface area contributed by atoms with Crippen molar-refractivity contribution in [1.29, 1.82) is 0 Å². The molecule has 1 aliphatic rings. The maximum atomic E-state index is 12.8. The van der Waals surface area contributed by atoms with Gasteiger partial charge in [-0.15, -0.1) is 0 Å². The molecule has 152 valence electrons. The first-order valence-electron chi connectivity index (χ1n) is 9.74. The fraction of sp³-hybridized carbons (Fsp3) is 0.0833. The number of nitrogens with one attached hydrogen (secondary N) is 1. The molecular formula is C24H17ClN4O2. The fourth-order valence-electron chi connectivity index (χ4n) is 3.85. The number of hydrogen-bond donors (Lipinski definition) is 1. The number of amides is 2. The molecule has 0 saturated carbocycles. The predicted molar refractivity (Wildman–Crippen MR) is 123 cm³/mol. The lowest BCUT2D eigenvalue weighted by Gasteiger charge is -2.16. The second-order valence-corrected chi connectivity index (χ2v) is 7.79. The van der Waals surface area contributed by atoms with Crippen molar-refractivity contribution in [2.75, 3.05) is 11.4 Å². The Balaban J connectivity index is 1.32. The Hall–Kier alpha value is -3.77. The van der Waals surface area contributed by atoms with E-state index in [0.717, 1.165) is 32.9 Å². The molecule has 1 aromatic heterocycles. The summed E-state index contributed by atoms with van der Waals surface area (Å²) in [5.74, 6) is -0.599. The van der Waals surface area contributed by atoms with Gasteiger partial charge in [-0.3, -0.25) is 14.5 Å². The number of anilines is 1. The first kappa shape index (κ1) is 19.2. The van der Waals surface area contributed by atoms with Gasteiger partial charge in [-0.1, -0.05) is 48.0 Å². The quantitative estimate of drug-likeness (QED) is 0.296. The predicted octanol–water partition coefficient (Wildman–Crippen LogP) is 4.46. The van der Waals surface area contributed by atoms with Crippen LogP contribution in [0.5, 0.6) is 0 Å². The third kappa shape index (κ3) is 3.41. The highest BCUT2D eigenvalue weighted by Crippen LogP contribution is 2.36. The van der Waals surface area contributed by atoms with Crippen molar-refractivity contribution in [3.05, 3.63) is 82.5 Å². The van der Waals surface area contributed by atoms with Crippen LogP contribution in [0.2, 0.25) is 5.15 Å². The number of hydrogen-bond acceptors (Lipinski definition) is 4. The molecule has 4 aromatic rings. The van der Waals surface area contributed by atoms with Gasteiger partial charge in [0, 0.05) is 21.9 Å². The number of carbonyl (C=O) groups excluding carboxylic acids is 2. The van der Waals surface area contributed by atoms with Gasteiger partial charge in [0.2, 0.25) is 0 Å². The number of carbonyl (C=O) groups is 2. The van der Waals surface area contributed by atoms with Gasteiger partial charge in [-0.25, -0.2) is 10.4 Å². The minimum Gasteiger partial charge on any atom is -0.298 e. The molecule has 0 aliphatic carbocycles. The minimum absolute atomic E-state index is 0.132. The molecule has 0 bridgehead atoms. The van der Waals surface area contributed by atoms with E-state index in [0.29, 0.717) is 16.3 Å². The first-order chi connectivity index (χ1) is 15.0. The van der Waals surface area contributed by atoms with Crippen LogP contribution in [-0.4, -0.2) is 29.6 Å². The van der Waals surface area contributed by atoms with Gasteiger partial charge in [0.1, 0.15) is 11.7 Å². The highest BCUT2D eigenvalue weighted by atomic mass is 35.5. The number of benzene rings is 3. The topological polar surface area (TPSA) is 74.7 Å². The standard InChI is InChI=1S/C24H17ClN4O2/c1-14-8-9-16-11-17(23(25)27-19(16)10-14)12-26-28-21(30)13-29-20-7-3-5-15-4-2-6-18(22(15)20)24(29)31/h2-12H,13H2,1H3,(H,28,30). The van der Waals surface area contributed by atoms with E-state index in [9.17, 15) is 9.59 Å². The highest BCUT2D eigenvalue weighted by molar-refractivity contribution is 6.32. The Morgan fingerprint density at radius 1 is 1.13 bits per heavy atom. The second-order valence-electron chi connectivity index (χ2n) is 7.43. The van der Waals surface area contributed by atoms with Crippen molar-refractivity contribution >= 4 is 57.0 Å². The Morgan fingerprint density at radius 2 is 1.94 bits per heavy atom. The van der Waals surface area contributed by atoms with Crippen LogP contribution in [-0.2, 0) is 4.79 Å². The van der Waals surface area contributed by atoms with Gasteiger partial charge in [0.15, 0.2) is 0 Å². The molecule has 0 spiro atoms. The molecule has 5 rings (SSSR count). The molecule has 6 nitrogen and oxygen atoms in total. The van der Waals surface area contributed by atoms with E-state index in [1.807, 2.05) is 61.5 Å². The normalized spacial score (nSPS) is 13.0. The summed E-state index contributed by atoms with van der Waals surface area (Å²) in [6, 6.07) is 19.0. The monoisotopic (exact) mass is 428 g/mol. The number of fused-ring (bicyclic) bond motifs is 1. The molecule has 3 aromatic carbocycles. The van der Waals surface area contributed by atoms with Gasteiger partial charge in [-0.05, 0) is 42.1 Å². The maximum Gasteiger partial charge on any atom is 0.260 e. The second kappa shape index (κ2) is 7.49. The molecule has 0 unspecified atom stereocenters. The number of nitrogens with zero attached hydrogens (tertiary/aromatic N) is 3. The number of aromatic nitrogens is 1. The van der Waals surface area contributed by atoms with Crippen LogP contribution in [0.1, 0.15) is 21.5 Å². The van der Waals surface area contributed by atoms with Gasteiger partial charge in [0.05, 0.1) is 17.4 Å². The van der Waals surface area contributed by atoms with Gasteiger partial charge >= 0.3 is 0 Å². The Bertz CT molecular complexity index is 1410. The largest absolute Gasteiger partial charge is 0.298 e. The Morgan fingerprint density at radius 3 is 2.77 bits per heavy atom. The molecule has 0 atom stereocenters. The van der Waals surface area contributed by atoms with E-state index in [-0.39, 0.29) is 12.5 Å². The highest BCUT2D eigenvalue weighted by Gasteiger charge is 2.30. The third-order valence-electron chi connectivity index (χ3n) is 5.30. The summed E-state index contributed by atoms with van der Waals surface area (Å²) in [6.07, 6.45) is 1.45. The van der Waals surface area contributed by atoms with Crippen LogP contribution in [0, 0.1) is 6.92 Å². The van der Waals surface area contributed by atoms with Crippen LogP contribution in [0.3, 0.4) is 0 Å². The van der Waals surface area contributed by atoms with Gasteiger partial charge in [0.25, 0.3) is 11.8 Å². The molecule has 2 amide bonds. The Labute approximate surface area is 183 Å². The van der Waals surface area contributed by atoms with Crippen molar-refractivity contribution in [1.82, 2.24) is 10.4 Å². The molecule has 0 saturated heterocycles. The molecule has 1 N–H and O–H groups in total. The van der Waals surface area contributed by atoms with Crippen LogP contribution >= 0.6 is 11.6 Å². The van der Waals surface area contributed by atoms with Crippen LogP contribution in [0.4, 0.5) is 5.69 Å². The van der Waals surface area contributed by atoms with Crippen LogP contribution in [0.15, 0.2) is 65.8 Å². The molecule has 0 radical (unpaired) electrons. The summed E-state index contributed by atoms with van der Waals surface area (Å²) in [5.41, 5.74) is 6.29. The smallest absolute Gasteiger partial charge is 0.260 e. The van der Waals surface area contributed by atoms with Crippen LogP contribution < -0.4 is 10.3 Å². The molecule has 2 heterocycles. The number of rotatable bonds is 4. The maximum absolute atomic E-state index is 12.8. The molecule has 7 heteroatoms. The van der Waals surface area contributed by atoms with Crippen molar-refractivity contribution in [2.24, 2.45) is 5.10 Å². The van der Waals surface area contributed by atoms with Crippen molar-refractivity contribution in [3.63, 3.8) is 0 Å². The zero-order chi connectivity index (χ0) is 21.5. The minimum atomic E-state index is -0.407. The van der Waals surface area contributed by atoms with E-state index >= 15 is 0 Å². The molecule has 0 fully saturated rings. The summed E-state index contributed by atoms with van der Waals surface area (Å²) < 4.78 is 0. The summed E-state index contributed by atoms with van der Waals surface area (Å²) in [4.78, 5) is 31.1. The zero-order valence-electron chi connectivity index (χ0n) is 16.6. The lowest BCUT2D eigenvalue weighted by molar-refractivity contribution is -0.119. The average Bonchev–Trinajstić information content (AvgIpc) is 3.02. The van der Waals surface area contributed by atoms with Crippen LogP contribution in [0.25, 0.3) is 21.7 Å². The fourth-order valence-corrected chi connectivity index (χ4v) is 4.04. The van der Waals surface area contributed by atoms with Crippen molar-refractivity contribution in [3.8, 4) is 0 Å². The van der Waals surface area contributed by atoms with E-state index in [1.54, 1.807) is 6.07 Å². The lowest BCUT2D eigenvalue weighted by atomic mass is 10.1. The molecule has 31 heavy (non-hydrogen) atoms. The summed E-state index contributed by atoms with van der Waals surface area (Å²) in [7, 11) is 0. The van der Waals surface area contributed by atoms with E-state index in [2.05, 4.69) is 15.5 Å². The zero-order valence-corrected chi connectivity index (χ0v) is 17.3. The van der Waals surface area contributed by atoms with E-state index < -0.39 is 5.91 Å². The molecular weight excluding hydrogens is 412 g/mol. The van der Waals surface area contributed by atoms with Crippen molar-refractivity contribution < 1.29 is 9.59 Å². The average molecular weight is 429 g/mol. The third-order valence-corrected chi connectivity index (χ3v) is 5.60. The number of hydrazone groups is 1. The molecule has 1 aliphatic heterocycles. The number of halogens is 1. The summed E-state index contributed by atoms with van der Waals surface area (Å²) >= 11 is 6.26. The summed E-state index contributed by atoms with van der Waals surface area (Å²) in [6.45, 7) is 1.86. The van der Waals surface area contributed by atoms with Crippen molar-refractivity contribution in [2.45, 2.75) is 6.92 Å². The first-order valence-corrected chi connectivity index (χ1v) is 10.1. The summed E-state index contributed by atoms with van der Waals surface area (Å²) in [5, 5.41) is 7.07. The van der Waals surface area contributed by atoms with Gasteiger partial charge < -0.3 is 0 Å². The Kier molecular flexibility index (Phi) is 4.64. The van der Waals surface area contributed by atoms with Gasteiger partial charge in [-0.2, -0.15) is 5.10 Å².